The van der Waals surface area contributed by atoms with Crippen LogP contribution in [0.1, 0.15) is 78.7 Å². The lowest BCUT2D eigenvalue weighted by Crippen LogP contribution is -2.34. The largest absolute Gasteiger partial charge is 0.465 e. The number of halogens is 1. The Morgan fingerprint density at radius 2 is 1.61 bits per heavy atom. The number of nitrogens with two attached hydrogens (primary N) is 1. The SMILES string of the molecule is COC(=O)c1cc(N)c(Cc2cc3c(cc2C)C(C)(C)CCC3(C)C)cc1F. The molecule has 1 aliphatic rings. The minimum Gasteiger partial charge on any atom is -0.465 e. The number of fused-ring (bicyclic) bond motifs is 1. The molecule has 0 heterocycles. The highest BCUT2D eigenvalue weighted by atomic mass is 19.1. The molecular formula is C24H30FNO2. The zero-order chi connectivity index (χ0) is 20.9. The second-order valence-electron chi connectivity index (χ2n) is 9.29. The van der Waals surface area contributed by atoms with Crippen LogP contribution >= 0.6 is 0 Å². The van der Waals surface area contributed by atoms with Crippen molar-refractivity contribution in [2.75, 3.05) is 12.8 Å². The Hall–Kier alpha value is -2.36. The van der Waals surface area contributed by atoms with Gasteiger partial charge >= 0.3 is 5.97 Å². The van der Waals surface area contributed by atoms with Crippen molar-refractivity contribution in [1.82, 2.24) is 0 Å². The van der Waals surface area contributed by atoms with E-state index in [0.29, 0.717) is 17.7 Å². The van der Waals surface area contributed by atoms with Gasteiger partial charge in [0, 0.05) is 5.69 Å². The maximum absolute atomic E-state index is 14.4. The van der Waals surface area contributed by atoms with Gasteiger partial charge in [0.25, 0.3) is 0 Å². The first-order valence-electron chi connectivity index (χ1n) is 9.77. The van der Waals surface area contributed by atoms with E-state index in [1.807, 2.05) is 0 Å². The predicted octanol–water partition coefficient (Wildman–Crippen LogP) is 5.44. The van der Waals surface area contributed by atoms with E-state index < -0.39 is 11.8 Å². The van der Waals surface area contributed by atoms with Crippen LogP contribution in [0.3, 0.4) is 0 Å². The van der Waals surface area contributed by atoms with Gasteiger partial charge < -0.3 is 10.5 Å². The lowest BCUT2D eigenvalue weighted by atomic mass is 9.62. The van der Waals surface area contributed by atoms with Crippen LogP contribution in [0.25, 0.3) is 0 Å². The zero-order valence-electron chi connectivity index (χ0n) is 17.7. The van der Waals surface area contributed by atoms with E-state index in [4.69, 9.17) is 5.73 Å². The van der Waals surface area contributed by atoms with E-state index in [2.05, 4.69) is 51.5 Å². The number of carbonyl (C=O) groups excluding carboxylic acids is 1. The quantitative estimate of drug-likeness (QED) is 0.567. The highest BCUT2D eigenvalue weighted by Crippen LogP contribution is 2.46. The average molecular weight is 384 g/mol. The van der Waals surface area contributed by atoms with Gasteiger partial charge in [0.1, 0.15) is 5.82 Å². The van der Waals surface area contributed by atoms with Gasteiger partial charge in [-0.1, -0.05) is 39.8 Å². The summed E-state index contributed by atoms with van der Waals surface area (Å²) in [6, 6.07) is 7.30. The number of rotatable bonds is 3. The van der Waals surface area contributed by atoms with E-state index in [-0.39, 0.29) is 16.4 Å². The van der Waals surface area contributed by atoms with Gasteiger partial charge in [-0.05, 0) is 77.0 Å². The number of carbonyl (C=O) groups is 1. The number of anilines is 1. The second kappa shape index (κ2) is 6.91. The number of hydrogen-bond donors (Lipinski definition) is 1. The molecule has 150 valence electrons. The molecule has 0 aromatic heterocycles. The Labute approximate surface area is 167 Å². The molecule has 0 unspecified atom stereocenters. The number of ether oxygens (including phenoxy) is 1. The maximum Gasteiger partial charge on any atom is 0.340 e. The van der Waals surface area contributed by atoms with Gasteiger partial charge in [-0.25, -0.2) is 9.18 Å². The van der Waals surface area contributed by atoms with Crippen molar-refractivity contribution in [3.8, 4) is 0 Å². The Morgan fingerprint density at radius 1 is 1.04 bits per heavy atom. The van der Waals surface area contributed by atoms with Crippen molar-refractivity contribution >= 4 is 11.7 Å². The number of aryl methyl sites for hydroxylation is 1. The van der Waals surface area contributed by atoms with Crippen molar-refractivity contribution in [2.45, 2.75) is 64.7 Å². The van der Waals surface area contributed by atoms with E-state index in [9.17, 15) is 9.18 Å². The van der Waals surface area contributed by atoms with Crippen molar-refractivity contribution in [1.29, 1.82) is 0 Å². The molecule has 2 aromatic rings. The molecule has 0 radical (unpaired) electrons. The second-order valence-corrected chi connectivity index (χ2v) is 9.29. The summed E-state index contributed by atoms with van der Waals surface area (Å²) in [5, 5.41) is 0. The number of esters is 1. The zero-order valence-corrected chi connectivity index (χ0v) is 17.7. The molecule has 0 atom stereocenters. The van der Waals surface area contributed by atoms with Crippen molar-refractivity contribution < 1.29 is 13.9 Å². The van der Waals surface area contributed by atoms with E-state index in [0.717, 1.165) is 12.0 Å². The minimum absolute atomic E-state index is 0.110. The first-order chi connectivity index (χ1) is 13.0. The molecule has 0 amide bonds. The highest BCUT2D eigenvalue weighted by molar-refractivity contribution is 5.91. The van der Waals surface area contributed by atoms with E-state index in [1.165, 1.54) is 42.4 Å². The summed E-state index contributed by atoms with van der Waals surface area (Å²) in [6.45, 7) is 11.3. The molecule has 4 heteroatoms. The predicted molar refractivity (Wildman–Crippen MR) is 111 cm³/mol. The minimum atomic E-state index is -0.718. The monoisotopic (exact) mass is 383 g/mol. The van der Waals surface area contributed by atoms with Crippen LogP contribution in [0.15, 0.2) is 24.3 Å². The Kier molecular flexibility index (Phi) is 5.03. The summed E-state index contributed by atoms with van der Waals surface area (Å²) in [7, 11) is 1.23. The number of hydrogen-bond acceptors (Lipinski definition) is 3. The lowest BCUT2D eigenvalue weighted by Gasteiger charge is -2.42. The average Bonchev–Trinajstić information content (AvgIpc) is 2.62. The molecule has 0 saturated carbocycles. The van der Waals surface area contributed by atoms with E-state index in [1.54, 1.807) is 0 Å². The normalized spacial score (nSPS) is 17.1. The summed E-state index contributed by atoms with van der Waals surface area (Å²) in [5.41, 5.74) is 12.5. The Balaban J connectivity index is 2.05. The van der Waals surface area contributed by atoms with Crippen LogP contribution in [-0.2, 0) is 22.0 Å². The van der Waals surface area contributed by atoms with Crippen LogP contribution in [0, 0.1) is 12.7 Å². The van der Waals surface area contributed by atoms with Crippen molar-refractivity contribution in [2.24, 2.45) is 0 Å². The van der Waals surface area contributed by atoms with Crippen molar-refractivity contribution in [3.63, 3.8) is 0 Å². The van der Waals surface area contributed by atoms with Gasteiger partial charge in [0.2, 0.25) is 0 Å². The lowest BCUT2D eigenvalue weighted by molar-refractivity contribution is 0.0595. The van der Waals surface area contributed by atoms with Crippen molar-refractivity contribution in [3.05, 3.63) is 63.5 Å². The third-order valence-electron chi connectivity index (χ3n) is 6.32. The molecule has 0 bridgehead atoms. The molecule has 28 heavy (non-hydrogen) atoms. The van der Waals surface area contributed by atoms with Crippen LogP contribution in [-0.4, -0.2) is 13.1 Å². The Bertz CT molecular complexity index is 944. The van der Waals surface area contributed by atoms with Gasteiger partial charge in [0.05, 0.1) is 12.7 Å². The number of benzene rings is 2. The van der Waals surface area contributed by atoms with Crippen LogP contribution in [0.2, 0.25) is 0 Å². The molecule has 3 nitrogen and oxygen atoms in total. The molecule has 0 aliphatic heterocycles. The third-order valence-corrected chi connectivity index (χ3v) is 6.32. The molecule has 2 N–H and O–H groups in total. The first-order valence-corrected chi connectivity index (χ1v) is 9.77. The molecule has 2 aromatic carbocycles. The summed E-state index contributed by atoms with van der Waals surface area (Å²) in [4.78, 5) is 11.7. The van der Waals surface area contributed by atoms with Gasteiger partial charge in [0.15, 0.2) is 0 Å². The number of nitrogen functional groups attached to an aromatic ring is 1. The summed E-state index contributed by atoms with van der Waals surface area (Å²) in [5.74, 6) is -1.32. The topological polar surface area (TPSA) is 52.3 Å². The van der Waals surface area contributed by atoms with Crippen LogP contribution in [0.4, 0.5) is 10.1 Å². The maximum atomic E-state index is 14.4. The first kappa shape index (κ1) is 20.4. The molecule has 0 spiro atoms. The van der Waals surface area contributed by atoms with Gasteiger partial charge in [-0.3, -0.25) is 0 Å². The highest BCUT2D eigenvalue weighted by Gasteiger charge is 2.37. The molecule has 0 fully saturated rings. The van der Waals surface area contributed by atoms with E-state index >= 15 is 0 Å². The fourth-order valence-corrected chi connectivity index (χ4v) is 4.21. The smallest absolute Gasteiger partial charge is 0.340 e. The Morgan fingerprint density at radius 3 is 2.18 bits per heavy atom. The fourth-order valence-electron chi connectivity index (χ4n) is 4.21. The molecule has 0 saturated heterocycles. The summed E-state index contributed by atoms with van der Waals surface area (Å²) >= 11 is 0. The van der Waals surface area contributed by atoms with Gasteiger partial charge in [-0.2, -0.15) is 0 Å². The molecule has 1 aliphatic carbocycles. The summed E-state index contributed by atoms with van der Waals surface area (Å²) < 4.78 is 19.0. The van der Waals surface area contributed by atoms with Crippen LogP contribution in [0.5, 0.6) is 0 Å². The van der Waals surface area contributed by atoms with Gasteiger partial charge in [-0.15, -0.1) is 0 Å². The molecular weight excluding hydrogens is 353 g/mol. The summed E-state index contributed by atoms with van der Waals surface area (Å²) in [6.07, 6.45) is 2.83. The van der Waals surface area contributed by atoms with Crippen LogP contribution < -0.4 is 5.73 Å². The third kappa shape index (κ3) is 3.52. The standard InChI is InChI=1S/C24H30FNO2/c1-14-9-18-19(24(4,5)8-7-23(18,2)3)11-15(14)10-16-12-20(25)17(13-21(16)26)22(27)28-6/h9,11-13H,7-8,10,26H2,1-6H3. The fraction of sp³-hybridized carbons (Fsp3) is 0.458. The molecule has 3 rings (SSSR count). The number of methoxy groups -OCH3 is 1.